The van der Waals surface area contributed by atoms with E-state index in [1.807, 2.05) is 12.1 Å². The fourth-order valence-corrected chi connectivity index (χ4v) is 4.05. The van der Waals surface area contributed by atoms with Crippen molar-refractivity contribution in [1.82, 2.24) is 15.0 Å². The molecule has 0 fully saturated rings. The highest BCUT2D eigenvalue weighted by Gasteiger charge is 2.19. The van der Waals surface area contributed by atoms with E-state index in [-0.39, 0.29) is 11.3 Å². The standard InChI is InChI=1S/C24H22N4OS/c1-24(2,3)19-8-6-16(7-9-19)20-21(17-10-13-25-14-11-17)30-23(27-20)28-22(29)18-5-4-12-26-15-18/h4-15H,1-3H3,(H,27,28,29). The number of anilines is 1. The van der Waals surface area contributed by atoms with Gasteiger partial charge in [0, 0.05) is 30.4 Å². The average Bonchev–Trinajstić information content (AvgIpc) is 3.18. The smallest absolute Gasteiger partial charge is 0.259 e. The minimum Gasteiger partial charge on any atom is -0.298 e. The maximum Gasteiger partial charge on any atom is 0.259 e. The van der Waals surface area contributed by atoms with E-state index < -0.39 is 0 Å². The minimum atomic E-state index is -0.229. The summed E-state index contributed by atoms with van der Waals surface area (Å²) in [5.74, 6) is -0.229. The molecular formula is C24H22N4OS. The van der Waals surface area contributed by atoms with Gasteiger partial charge in [0.05, 0.1) is 16.1 Å². The first-order chi connectivity index (χ1) is 14.4. The van der Waals surface area contributed by atoms with Gasteiger partial charge in [-0.15, -0.1) is 0 Å². The van der Waals surface area contributed by atoms with Gasteiger partial charge in [0.25, 0.3) is 5.91 Å². The summed E-state index contributed by atoms with van der Waals surface area (Å²) >= 11 is 1.45. The molecule has 3 aromatic heterocycles. The van der Waals surface area contributed by atoms with Crippen LogP contribution in [0, 0.1) is 0 Å². The lowest BCUT2D eigenvalue weighted by molar-refractivity contribution is 0.102. The van der Waals surface area contributed by atoms with E-state index in [2.05, 4.69) is 60.3 Å². The van der Waals surface area contributed by atoms with Crippen molar-refractivity contribution in [3.05, 3.63) is 84.4 Å². The average molecular weight is 415 g/mol. The lowest BCUT2D eigenvalue weighted by Gasteiger charge is -2.19. The molecule has 1 amide bonds. The van der Waals surface area contributed by atoms with E-state index in [1.54, 1.807) is 36.9 Å². The third-order valence-electron chi connectivity index (χ3n) is 4.74. The number of carbonyl (C=O) groups is 1. The van der Waals surface area contributed by atoms with Crippen LogP contribution in [0.1, 0.15) is 36.7 Å². The summed E-state index contributed by atoms with van der Waals surface area (Å²) in [7, 11) is 0. The lowest BCUT2D eigenvalue weighted by Crippen LogP contribution is -2.11. The zero-order chi connectivity index (χ0) is 21.1. The number of thiazole rings is 1. The molecule has 0 radical (unpaired) electrons. The van der Waals surface area contributed by atoms with Crippen LogP contribution >= 0.6 is 11.3 Å². The largest absolute Gasteiger partial charge is 0.298 e. The van der Waals surface area contributed by atoms with Crippen molar-refractivity contribution in [3.63, 3.8) is 0 Å². The summed E-state index contributed by atoms with van der Waals surface area (Å²) in [6.07, 6.45) is 6.70. The monoisotopic (exact) mass is 414 g/mol. The first kappa shape index (κ1) is 19.9. The second-order valence-corrected chi connectivity index (χ2v) is 8.95. The van der Waals surface area contributed by atoms with Crippen LogP contribution in [0.25, 0.3) is 21.7 Å². The van der Waals surface area contributed by atoms with Gasteiger partial charge in [-0.1, -0.05) is 56.4 Å². The molecule has 1 aromatic carbocycles. The number of benzene rings is 1. The number of amides is 1. The molecule has 0 bridgehead atoms. The first-order valence-corrected chi connectivity index (χ1v) is 10.5. The fraction of sp³-hybridized carbons (Fsp3) is 0.167. The Kier molecular flexibility index (Phi) is 5.42. The van der Waals surface area contributed by atoms with E-state index in [0.717, 1.165) is 21.7 Å². The fourth-order valence-electron chi connectivity index (χ4n) is 3.06. The zero-order valence-electron chi connectivity index (χ0n) is 17.1. The number of carbonyl (C=O) groups excluding carboxylic acids is 1. The number of rotatable bonds is 4. The third-order valence-corrected chi connectivity index (χ3v) is 5.76. The highest BCUT2D eigenvalue weighted by molar-refractivity contribution is 7.19. The van der Waals surface area contributed by atoms with Crippen LogP contribution in [0.2, 0.25) is 0 Å². The van der Waals surface area contributed by atoms with E-state index in [9.17, 15) is 4.79 Å². The molecule has 0 aliphatic heterocycles. The number of aromatic nitrogens is 3. The lowest BCUT2D eigenvalue weighted by atomic mass is 9.86. The molecule has 1 N–H and O–H groups in total. The van der Waals surface area contributed by atoms with Gasteiger partial charge in [0.15, 0.2) is 5.13 Å². The molecule has 4 aromatic rings. The first-order valence-electron chi connectivity index (χ1n) is 9.65. The molecule has 5 nitrogen and oxygen atoms in total. The van der Waals surface area contributed by atoms with Crippen molar-refractivity contribution < 1.29 is 4.79 Å². The Morgan fingerprint density at radius 1 is 0.900 bits per heavy atom. The van der Waals surface area contributed by atoms with Gasteiger partial charge in [0.2, 0.25) is 0 Å². The predicted octanol–water partition coefficient (Wildman–Crippen LogP) is 5.82. The number of hydrogen-bond donors (Lipinski definition) is 1. The maximum atomic E-state index is 12.6. The maximum absolute atomic E-state index is 12.6. The van der Waals surface area contributed by atoms with Crippen molar-refractivity contribution in [1.29, 1.82) is 0 Å². The molecule has 0 spiro atoms. The molecule has 6 heteroatoms. The molecule has 0 saturated carbocycles. The number of pyridine rings is 2. The topological polar surface area (TPSA) is 67.8 Å². The summed E-state index contributed by atoms with van der Waals surface area (Å²) in [6.45, 7) is 6.58. The van der Waals surface area contributed by atoms with Crippen LogP contribution < -0.4 is 5.32 Å². The Balaban J connectivity index is 1.72. The molecule has 0 atom stereocenters. The summed E-state index contributed by atoms with van der Waals surface area (Å²) < 4.78 is 0. The van der Waals surface area contributed by atoms with Gasteiger partial charge in [-0.2, -0.15) is 0 Å². The normalized spacial score (nSPS) is 11.3. The molecule has 0 aliphatic carbocycles. The second-order valence-electron chi connectivity index (χ2n) is 7.96. The van der Waals surface area contributed by atoms with Gasteiger partial charge in [-0.3, -0.25) is 20.1 Å². The van der Waals surface area contributed by atoms with Crippen LogP contribution in [0.4, 0.5) is 5.13 Å². The van der Waals surface area contributed by atoms with Gasteiger partial charge in [0.1, 0.15) is 0 Å². The molecule has 0 unspecified atom stereocenters. The van der Waals surface area contributed by atoms with Crippen LogP contribution in [0.15, 0.2) is 73.3 Å². The molecular weight excluding hydrogens is 392 g/mol. The third kappa shape index (κ3) is 4.28. The van der Waals surface area contributed by atoms with E-state index in [4.69, 9.17) is 4.98 Å². The van der Waals surface area contributed by atoms with E-state index >= 15 is 0 Å². The van der Waals surface area contributed by atoms with Gasteiger partial charge < -0.3 is 0 Å². The Morgan fingerprint density at radius 2 is 1.63 bits per heavy atom. The SMILES string of the molecule is CC(C)(C)c1ccc(-c2nc(NC(=O)c3cccnc3)sc2-c2ccncc2)cc1. The Hall–Kier alpha value is -3.38. The molecule has 0 saturated heterocycles. The highest BCUT2D eigenvalue weighted by Crippen LogP contribution is 2.39. The Morgan fingerprint density at radius 3 is 2.27 bits per heavy atom. The molecule has 4 rings (SSSR count). The van der Waals surface area contributed by atoms with Gasteiger partial charge in [-0.05, 0) is 40.8 Å². The quantitative estimate of drug-likeness (QED) is 0.457. The Bertz CT molecular complexity index is 1150. The van der Waals surface area contributed by atoms with Crippen molar-refractivity contribution in [2.75, 3.05) is 5.32 Å². The molecule has 30 heavy (non-hydrogen) atoms. The molecule has 3 heterocycles. The highest BCUT2D eigenvalue weighted by atomic mass is 32.1. The summed E-state index contributed by atoms with van der Waals surface area (Å²) in [6, 6.07) is 15.8. The summed E-state index contributed by atoms with van der Waals surface area (Å²) in [5.41, 5.74) is 4.70. The van der Waals surface area contributed by atoms with Crippen molar-refractivity contribution in [2.45, 2.75) is 26.2 Å². The van der Waals surface area contributed by atoms with Crippen LogP contribution in [0.3, 0.4) is 0 Å². The Labute approximate surface area is 179 Å². The van der Waals surface area contributed by atoms with Crippen molar-refractivity contribution in [2.24, 2.45) is 0 Å². The number of nitrogens with one attached hydrogen (secondary N) is 1. The van der Waals surface area contributed by atoms with Crippen molar-refractivity contribution >= 4 is 22.4 Å². The van der Waals surface area contributed by atoms with Gasteiger partial charge >= 0.3 is 0 Å². The zero-order valence-corrected chi connectivity index (χ0v) is 17.9. The minimum absolute atomic E-state index is 0.0807. The summed E-state index contributed by atoms with van der Waals surface area (Å²) in [5, 5.41) is 3.45. The van der Waals surface area contributed by atoms with E-state index in [0.29, 0.717) is 10.7 Å². The second kappa shape index (κ2) is 8.16. The predicted molar refractivity (Wildman–Crippen MR) is 122 cm³/mol. The van der Waals surface area contributed by atoms with Gasteiger partial charge in [-0.25, -0.2) is 4.98 Å². The number of nitrogens with zero attached hydrogens (tertiary/aromatic N) is 3. The van der Waals surface area contributed by atoms with Crippen LogP contribution in [-0.2, 0) is 5.41 Å². The summed E-state index contributed by atoms with van der Waals surface area (Å²) in [4.78, 5) is 26.4. The number of hydrogen-bond acceptors (Lipinski definition) is 5. The van der Waals surface area contributed by atoms with Crippen molar-refractivity contribution in [3.8, 4) is 21.7 Å². The van der Waals surface area contributed by atoms with E-state index in [1.165, 1.54) is 16.9 Å². The molecule has 0 aliphatic rings. The molecule has 150 valence electrons. The van der Waals surface area contributed by atoms with Crippen LogP contribution in [0.5, 0.6) is 0 Å². The van der Waals surface area contributed by atoms with Crippen LogP contribution in [-0.4, -0.2) is 20.9 Å².